The Morgan fingerprint density at radius 2 is 1.57 bits per heavy atom. The van der Waals surface area contributed by atoms with Crippen molar-refractivity contribution in [3.63, 3.8) is 0 Å². The van der Waals surface area contributed by atoms with E-state index in [0.29, 0.717) is 4.57 Å². The van der Waals surface area contributed by atoms with E-state index < -0.39 is 112 Å². The summed E-state index contributed by atoms with van der Waals surface area (Å²) < 4.78 is 74.7. The number of rotatable bonds is 16. The number of phosphoric acid groups is 1. The molecule has 0 aliphatic carbocycles. The fourth-order valence-corrected chi connectivity index (χ4v) is 4.95. The number of H-pyrrole nitrogens is 1. The number of ether oxygens (including phenoxy) is 6. The molecule has 5 atom stereocenters. The first kappa shape index (κ1) is 39.8. The van der Waals surface area contributed by atoms with Crippen LogP contribution >= 0.6 is 7.82 Å². The fraction of sp³-hybridized carbons (Fsp3) is 0.731. The predicted molar refractivity (Wildman–Crippen MR) is 154 cm³/mol. The normalized spacial score (nSPS) is 23.5. The highest BCUT2D eigenvalue weighted by atomic mass is 31.2. The third-order valence-corrected chi connectivity index (χ3v) is 7.60. The minimum atomic E-state index is -5.03. The van der Waals surface area contributed by atoms with Gasteiger partial charge in [0.25, 0.3) is 5.56 Å². The largest absolute Gasteiger partial charge is 0.510 e. The standard InChI is InChI=1S/C26H41FN3O16P/c1-14(2)18(28)19(32)45-20-25(7,36)21(30-9-8-17(31)29-22(30)33)46-26(20,10-27)11-40-47(37,41-12-38-23(34)43-15(3)4)42-13-39-24(35)44-16(5)6/h8-9,14-16,18,20-21,36H,10-13,28H2,1-7H3,(H,29,31,33)/t18?,20-,21+,25+,26+/m0/s1. The van der Waals surface area contributed by atoms with Crippen LogP contribution in [0, 0.1) is 5.92 Å². The van der Waals surface area contributed by atoms with Crippen LogP contribution in [-0.2, 0) is 51.4 Å². The van der Waals surface area contributed by atoms with Crippen molar-refractivity contribution in [3.05, 3.63) is 33.1 Å². The van der Waals surface area contributed by atoms with Gasteiger partial charge < -0.3 is 39.3 Å². The van der Waals surface area contributed by atoms with Crippen molar-refractivity contribution in [1.29, 1.82) is 0 Å². The van der Waals surface area contributed by atoms with Crippen LogP contribution in [0.25, 0.3) is 0 Å². The van der Waals surface area contributed by atoms with E-state index in [1.165, 1.54) is 27.7 Å². The molecule has 0 saturated carbocycles. The van der Waals surface area contributed by atoms with E-state index >= 15 is 4.39 Å². The highest BCUT2D eigenvalue weighted by Crippen LogP contribution is 2.53. The predicted octanol–water partition coefficient (Wildman–Crippen LogP) is 1.62. The smallest absolute Gasteiger partial charge is 0.455 e. The summed E-state index contributed by atoms with van der Waals surface area (Å²) in [6, 6.07) is -0.352. The summed E-state index contributed by atoms with van der Waals surface area (Å²) in [5.74, 6) is -1.58. The highest BCUT2D eigenvalue weighted by molar-refractivity contribution is 7.48. The Morgan fingerprint density at radius 1 is 1.04 bits per heavy atom. The van der Waals surface area contributed by atoms with Gasteiger partial charge >= 0.3 is 31.8 Å². The molecule has 1 aliphatic rings. The number of aromatic amines is 1. The van der Waals surface area contributed by atoms with E-state index in [-0.39, 0.29) is 0 Å². The number of aromatic nitrogens is 2. The van der Waals surface area contributed by atoms with Crippen LogP contribution in [0.4, 0.5) is 14.0 Å². The third-order valence-electron chi connectivity index (χ3n) is 6.32. The summed E-state index contributed by atoms with van der Waals surface area (Å²) in [6.07, 6.45) is -6.59. The van der Waals surface area contributed by atoms with Crippen molar-refractivity contribution in [3.8, 4) is 0 Å². The number of carbonyl (C=O) groups excluding carboxylic acids is 3. The number of hydrogen-bond donors (Lipinski definition) is 3. The number of carbonyl (C=O) groups is 3. The molecule has 19 nitrogen and oxygen atoms in total. The van der Waals surface area contributed by atoms with E-state index in [1.807, 2.05) is 4.98 Å². The van der Waals surface area contributed by atoms with Crippen LogP contribution < -0.4 is 17.0 Å². The number of nitrogens with two attached hydrogens (primary N) is 1. The number of halogens is 1. The zero-order valence-electron chi connectivity index (χ0n) is 26.9. The lowest BCUT2D eigenvalue weighted by molar-refractivity contribution is -0.178. The quantitative estimate of drug-likeness (QED) is 0.0958. The Kier molecular flexibility index (Phi) is 14.1. The van der Waals surface area contributed by atoms with Crippen molar-refractivity contribution >= 4 is 26.1 Å². The van der Waals surface area contributed by atoms with Crippen molar-refractivity contribution in [2.45, 2.75) is 90.2 Å². The lowest BCUT2D eigenvalue weighted by Crippen LogP contribution is -2.57. The maximum absolute atomic E-state index is 15.1. The minimum Gasteiger partial charge on any atom is -0.455 e. The first-order chi connectivity index (χ1) is 21.8. The zero-order valence-corrected chi connectivity index (χ0v) is 27.8. The van der Waals surface area contributed by atoms with Gasteiger partial charge in [-0.2, -0.15) is 0 Å². The van der Waals surface area contributed by atoms with E-state index in [2.05, 4.69) is 9.47 Å². The molecule has 268 valence electrons. The molecule has 1 unspecified atom stereocenters. The Bertz CT molecular complexity index is 1370. The van der Waals surface area contributed by atoms with Gasteiger partial charge in [0.1, 0.15) is 18.3 Å². The summed E-state index contributed by atoms with van der Waals surface area (Å²) in [6.45, 7) is 5.25. The number of nitrogens with zero attached hydrogens (tertiary/aromatic N) is 1. The van der Waals surface area contributed by atoms with Gasteiger partial charge in [-0.15, -0.1) is 0 Å². The highest BCUT2D eigenvalue weighted by Gasteiger charge is 2.65. The molecule has 4 N–H and O–H groups in total. The Balaban J connectivity index is 2.46. The van der Waals surface area contributed by atoms with Gasteiger partial charge in [-0.05, 0) is 40.5 Å². The third kappa shape index (κ3) is 10.8. The lowest BCUT2D eigenvalue weighted by Gasteiger charge is -2.35. The van der Waals surface area contributed by atoms with Gasteiger partial charge in [0.05, 0.1) is 18.8 Å². The Morgan fingerprint density at radius 3 is 2.02 bits per heavy atom. The van der Waals surface area contributed by atoms with E-state index in [9.17, 15) is 33.6 Å². The monoisotopic (exact) mass is 701 g/mol. The van der Waals surface area contributed by atoms with Gasteiger partial charge in [0, 0.05) is 12.3 Å². The Labute approximate surface area is 268 Å². The molecule has 2 rings (SSSR count). The molecule has 1 saturated heterocycles. The molecular formula is C26H41FN3O16P. The van der Waals surface area contributed by atoms with Crippen LogP contribution in [0.5, 0.6) is 0 Å². The fourth-order valence-electron chi connectivity index (χ4n) is 3.99. The average Bonchev–Trinajstić information content (AvgIpc) is 3.17. The molecule has 1 aromatic heterocycles. The van der Waals surface area contributed by atoms with Crippen molar-refractivity contribution in [1.82, 2.24) is 9.55 Å². The average molecular weight is 702 g/mol. The topological polar surface area (TPSA) is 252 Å². The number of nitrogens with one attached hydrogen (secondary N) is 1. The van der Waals surface area contributed by atoms with Crippen LogP contribution in [0.2, 0.25) is 0 Å². The molecule has 47 heavy (non-hydrogen) atoms. The second kappa shape index (κ2) is 16.6. The van der Waals surface area contributed by atoms with Gasteiger partial charge in [0.2, 0.25) is 13.6 Å². The molecule has 0 spiro atoms. The molecule has 21 heteroatoms. The first-order valence-electron chi connectivity index (χ1n) is 14.2. The van der Waals surface area contributed by atoms with Crippen molar-refractivity contribution in [2.75, 3.05) is 26.9 Å². The molecule has 0 radical (unpaired) electrons. The molecule has 0 bridgehead atoms. The number of esters is 1. The Hall–Kier alpha value is -3.39. The minimum absolute atomic E-state index is 0.477. The van der Waals surface area contributed by atoms with Crippen LogP contribution in [0.15, 0.2) is 21.9 Å². The maximum atomic E-state index is 15.1. The zero-order chi connectivity index (χ0) is 35.7. The summed E-state index contributed by atoms with van der Waals surface area (Å²) in [7, 11) is -5.03. The molecule has 0 aromatic carbocycles. The molecule has 1 aromatic rings. The first-order valence-corrected chi connectivity index (χ1v) is 15.7. The molecule has 1 fully saturated rings. The van der Waals surface area contributed by atoms with Crippen molar-refractivity contribution < 1.29 is 70.4 Å². The number of alkyl halides is 1. The van der Waals surface area contributed by atoms with Crippen LogP contribution in [-0.4, -0.2) is 95.4 Å². The molecule has 1 aliphatic heterocycles. The SMILES string of the molecule is CC(C)OC(=O)OCOP(=O)(OCOC(=O)OC(C)C)OC[C@@]1(CF)O[C@@H](n2ccc(=O)[nH]c2=O)[C@](C)(O)[C@@H]1OC(=O)C(N)C(C)C. The van der Waals surface area contributed by atoms with Crippen molar-refractivity contribution in [2.24, 2.45) is 11.7 Å². The van der Waals surface area contributed by atoms with Crippen LogP contribution in [0.3, 0.4) is 0 Å². The summed E-state index contributed by atoms with van der Waals surface area (Å²) in [5.41, 5.74) is -0.993. The second-order valence-electron chi connectivity index (χ2n) is 11.3. The lowest BCUT2D eigenvalue weighted by atomic mass is 9.88. The molecule has 2 heterocycles. The van der Waals surface area contributed by atoms with Gasteiger partial charge in [-0.25, -0.2) is 32.4 Å². The van der Waals surface area contributed by atoms with Gasteiger partial charge in [-0.3, -0.25) is 23.7 Å². The van der Waals surface area contributed by atoms with Gasteiger partial charge in [-0.1, -0.05) is 13.8 Å². The summed E-state index contributed by atoms with van der Waals surface area (Å²) in [4.78, 5) is 62.7. The maximum Gasteiger partial charge on any atom is 0.510 e. The van der Waals surface area contributed by atoms with E-state index in [4.69, 9.17) is 38.3 Å². The molecule has 0 amide bonds. The van der Waals surface area contributed by atoms with Gasteiger partial charge in [0.15, 0.2) is 17.9 Å². The second-order valence-corrected chi connectivity index (χ2v) is 13.0. The van der Waals surface area contributed by atoms with E-state index in [0.717, 1.165) is 19.2 Å². The number of hydrogen-bond acceptors (Lipinski definition) is 17. The summed E-state index contributed by atoms with van der Waals surface area (Å²) >= 11 is 0. The summed E-state index contributed by atoms with van der Waals surface area (Å²) in [5, 5.41) is 11.6. The number of phosphoric ester groups is 1. The van der Waals surface area contributed by atoms with E-state index in [1.54, 1.807) is 13.8 Å². The molecular weight excluding hydrogens is 660 g/mol. The number of aliphatic hydroxyl groups is 1. The van der Waals surface area contributed by atoms with Crippen LogP contribution in [0.1, 0.15) is 54.7 Å².